The molecule has 0 aromatic heterocycles. The molecule has 236 valence electrons. The van der Waals surface area contributed by atoms with Gasteiger partial charge in [0.2, 0.25) is 0 Å². The summed E-state index contributed by atoms with van der Waals surface area (Å²) in [6.45, 7) is 2.44. The van der Waals surface area contributed by atoms with Gasteiger partial charge in [-0.3, -0.25) is 9.59 Å². The Hall–Kier alpha value is -5.76. The Morgan fingerprint density at radius 1 is 0.532 bits per heavy atom. The van der Waals surface area contributed by atoms with Crippen molar-refractivity contribution in [3.63, 3.8) is 0 Å². The fourth-order valence-corrected chi connectivity index (χ4v) is 5.48. The van der Waals surface area contributed by atoms with E-state index in [0.717, 1.165) is 35.3 Å². The molecule has 0 unspecified atom stereocenters. The second kappa shape index (κ2) is 17.1. The fraction of sp³-hybridized carbons (Fsp3) is 0.200. The first kappa shape index (κ1) is 34.1. The lowest BCUT2D eigenvalue weighted by atomic mass is 9.93. The van der Waals surface area contributed by atoms with Crippen LogP contribution in [0, 0.1) is 22.7 Å². The van der Waals surface area contributed by atoms with Gasteiger partial charge in [-0.2, -0.15) is 10.5 Å². The first-order valence-electron chi connectivity index (χ1n) is 15.7. The van der Waals surface area contributed by atoms with Crippen LogP contribution in [0.3, 0.4) is 0 Å². The zero-order valence-electron chi connectivity index (χ0n) is 26.9. The third-order valence-corrected chi connectivity index (χ3v) is 7.88. The number of nitrogens with zero attached hydrogens (tertiary/aromatic N) is 3. The van der Waals surface area contributed by atoms with Gasteiger partial charge in [0.05, 0.1) is 27.2 Å². The maximum atomic E-state index is 13.2. The third kappa shape index (κ3) is 9.61. The van der Waals surface area contributed by atoms with Crippen molar-refractivity contribution < 1.29 is 14.1 Å². The second-order valence-corrected chi connectivity index (χ2v) is 11.8. The van der Waals surface area contributed by atoms with E-state index in [4.69, 9.17) is 0 Å². The van der Waals surface area contributed by atoms with E-state index in [1.807, 2.05) is 121 Å². The number of nitriles is 2. The molecule has 47 heavy (non-hydrogen) atoms. The Bertz CT molecular complexity index is 1570. The Labute approximate surface area is 277 Å². The molecule has 7 heteroatoms. The van der Waals surface area contributed by atoms with Crippen molar-refractivity contribution in [3.05, 3.63) is 155 Å². The van der Waals surface area contributed by atoms with Crippen LogP contribution in [0.4, 0.5) is 0 Å². The molecule has 0 bridgehead atoms. The summed E-state index contributed by atoms with van der Waals surface area (Å²) in [7, 11) is 4.22. The molecule has 0 saturated carbocycles. The molecule has 0 aliphatic rings. The molecule has 0 spiro atoms. The highest BCUT2D eigenvalue weighted by Crippen LogP contribution is 2.28. The minimum atomic E-state index is -0.394. The van der Waals surface area contributed by atoms with Crippen LogP contribution in [0.2, 0.25) is 0 Å². The monoisotopic (exact) mass is 622 g/mol. The Balaban J connectivity index is 1.31. The molecule has 0 aliphatic heterocycles. The van der Waals surface area contributed by atoms with Gasteiger partial charge in [-0.15, -0.1) is 0 Å². The van der Waals surface area contributed by atoms with Crippen LogP contribution in [-0.4, -0.2) is 56.6 Å². The predicted molar refractivity (Wildman–Crippen MR) is 186 cm³/mol. The third-order valence-electron chi connectivity index (χ3n) is 7.88. The number of amides is 2. The van der Waals surface area contributed by atoms with Crippen molar-refractivity contribution in [1.29, 1.82) is 10.5 Å². The summed E-state index contributed by atoms with van der Waals surface area (Å²) in [4.78, 5) is 26.4. The first-order chi connectivity index (χ1) is 22.8. The number of benzene rings is 4. The molecule has 0 heterocycles. The smallest absolute Gasteiger partial charge is 0.262 e. The first-order valence-corrected chi connectivity index (χ1v) is 15.7. The van der Waals surface area contributed by atoms with Crippen LogP contribution in [-0.2, 0) is 9.59 Å². The quantitative estimate of drug-likeness (QED) is 0.0764. The maximum Gasteiger partial charge on any atom is 0.262 e. The molecule has 0 fully saturated rings. The molecule has 4 rings (SSSR count). The van der Waals surface area contributed by atoms with Crippen molar-refractivity contribution in [2.75, 3.05) is 40.3 Å². The number of rotatable bonds is 14. The average molecular weight is 623 g/mol. The van der Waals surface area contributed by atoms with Crippen LogP contribution in [0.5, 0.6) is 0 Å². The molecule has 0 atom stereocenters. The summed E-state index contributed by atoms with van der Waals surface area (Å²) in [5.74, 6) is -0.787. The van der Waals surface area contributed by atoms with Gasteiger partial charge in [0.1, 0.15) is 23.3 Å². The number of quaternary nitrogens is 1. The molecule has 4 aromatic rings. The number of carbonyl (C=O) groups excluding carboxylic acids is 2. The summed E-state index contributed by atoms with van der Waals surface area (Å²) >= 11 is 0. The molecule has 0 radical (unpaired) electrons. The molecule has 0 saturated heterocycles. The van der Waals surface area contributed by atoms with Crippen molar-refractivity contribution in [2.45, 2.75) is 12.8 Å². The van der Waals surface area contributed by atoms with Crippen LogP contribution in [0.15, 0.2) is 132 Å². The molecular formula is C40H40N5O2+. The van der Waals surface area contributed by atoms with E-state index in [0.29, 0.717) is 41.6 Å². The number of hydrogen-bond donors (Lipinski definition) is 2. The van der Waals surface area contributed by atoms with Gasteiger partial charge in [-0.1, -0.05) is 121 Å². The highest BCUT2D eigenvalue weighted by atomic mass is 16.2. The number of hydrogen-bond acceptors (Lipinski definition) is 4. The van der Waals surface area contributed by atoms with Crippen LogP contribution in [0.25, 0.3) is 11.1 Å². The lowest BCUT2D eigenvalue weighted by Gasteiger charge is -2.30. The highest BCUT2D eigenvalue weighted by Gasteiger charge is 2.21. The van der Waals surface area contributed by atoms with E-state index >= 15 is 0 Å². The standard InChI is InChI=1S/C40H39N5O2/c1-45(2,27-15-25-43-39(46)35(29-41)37(31-17-7-3-8-18-31)32-19-9-4-10-20-32)28-16-26-44-40(47)36(30-42)38(33-21-11-5-12-22-33)34-23-13-6-14-24-34/h3-14,17-24H,15-16,25-28H2,1-2H3,(H-,43,44,46,47)/p+1. The van der Waals surface area contributed by atoms with Gasteiger partial charge in [-0.05, 0) is 22.3 Å². The zero-order chi connectivity index (χ0) is 33.5. The van der Waals surface area contributed by atoms with Gasteiger partial charge < -0.3 is 15.1 Å². The topological polar surface area (TPSA) is 106 Å². The molecule has 4 aromatic carbocycles. The lowest BCUT2D eigenvalue weighted by Crippen LogP contribution is -2.43. The largest absolute Gasteiger partial charge is 0.351 e. The normalized spacial score (nSPS) is 10.6. The molecular weight excluding hydrogens is 582 g/mol. The van der Waals surface area contributed by atoms with Gasteiger partial charge in [-0.25, -0.2) is 0 Å². The van der Waals surface area contributed by atoms with Crippen LogP contribution < -0.4 is 10.6 Å². The van der Waals surface area contributed by atoms with E-state index in [1.165, 1.54) is 0 Å². The van der Waals surface area contributed by atoms with Crippen molar-refractivity contribution in [2.24, 2.45) is 0 Å². The fourth-order valence-electron chi connectivity index (χ4n) is 5.48. The maximum absolute atomic E-state index is 13.2. The van der Waals surface area contributed by atoms with E-state index in [1.54, 1.807) is 0 Å². The number of nitrogens with one attached hydrogen (secondary N) is 2. The minimum absolute atomic E-state index is 0.0837. The van der Waals surface area contributed by atoms with Crippen molar-refractivity contribution >= 4 is 23.0 Å². The molecule has 2 N–H and O–H groups in total. The van der Waals surface area contributed by atoms with E-state index in [9.17, 15) is 20.1 Å². The van der Waals surface area contributed by atoms with E-state index in [-0.39, 0.29) is 11.1 Å². The van der Waals surface area contributed by atoms with Gasteiger partial charge in [0.25, 0.3) is 11.8 Å². The van der Waals surface area contributed by atoms with Crippen LogP contribution >= 0.6 is 0 Å². The summed E-state index contributed by atoms with van der Waals surface area (Å²) in [6.07, 6.45) is 1.43. The molecule has 2 amide bonds. The van der Waals surface area contributed by atoms with E-state index in [2.05, 4.69) is 36.9 Å². The summed E-state index contributed by atoms with van der Waals surface area (Å²) in [6, 6.07) is 42.2. The van der Waals surface area contributed by atoms with Gasteiger partial charge in [0, 0.05) is 37.1 Å². The van der Waals surface area contributed by atoms with Crippen molar-refractivity contribution in [1.82, 2.24) is 10.6 Å². The Morgan fingerprint density at radius 2 is 0.809 bits per heavy atom. The Kier molecular flexibility index (Phi) is 12.4. The SMILES string of the molecule is C[N+](C)(CCCNC(=O)C(C#N)=C(c1ccccc1)c1ccccc1)CCCNC(=O)C(C#N)=C(c1ccccc1)c1ccccc1. The zero-order valence-corrected chi connectivity index (χ0v) is 26.9. The van der Waals surface area contributed by atoms with Crippen LogP contribution in [0.1, 0.15) is 35.1 Å². The molecule has 0 aliphatic carbocycles. The summed E-state index contributed by atoms with van der Waals surface area (Å²) in [5.41, 5.74) is 4.62. The highest BCUT2D eigenvalue weighted by molar-refractivity contribution is 6.08. The van der Waals surface area contributed by atoms with Gasteiger partial charge in [0.15, 0.2) is 0 Å². The van der Waals surface area contributed by atoms with Crippen molar-refractivity contribution in [3.8, 4) is 12.1 Å². The molecule has 7 nitrogen and oxygen atoms in total. The summed E-state index contributed by atoms with van der Waals surface area (Å²) in [5, 5.41) is 25.9. The average Bonchev–Trinajstić information content (AvgIpc) is 3.11. The number of carbonyl (C=O) groups is 2. The summed E-state index contributed by atoms with van der Waals surface area (Å²) < 4.78 is 0.687. The van der Waals surface area contributed by atoms with Gasteiger partial charge >= 0.3 is 0 Å². The predicted octanol–water partition coefficient (Wildman–Crippen LogP) is 6.13. The minimum Gasteiger partial charge on any atom is -0.351 e. The lowest BCUT2D eigenvalue weighted by molar-refractivity contribution is -0.890. The van der Waals surface area contributed by atoms with E-state index < -0.39 is 11.8 Å². The second-order valence-electron chi connectivity index (χ2n) is 11.8. The Morgan fingerprint density at radius 3 is 1.06 bits per heavy atom.